The Morgan fingerprint density at radius 2 is 2.28 bits per heavy atom. The molecule has 0 radical (unpaired) electrons. The smallest absolute Gasteiger partial charge is 0.168 e. The lowest BCUT2D eigenvalue weighted by Crippen LogP contribution is -2.29. The van der Waals surface area contributed by atoms with E-state index in [-0.39, 0.29) is 11.2 Å². The van der Waals surface area contributed by atoms with E-state index < -0.39 is 0 Å². The van der Waals surface area contributed by atoms with Gasteiger partial charge in [-0.05, 0) is 42.9 Å². The van der Waals surface area contributed by atoms with Crippen LogP contribution in [0.1, 0.15) is 38.7 Å². The van der Waals surface area contributed by atoms with Crippen LogP contribution in [-0.4, -0.2) is 19.7 Å². The van der Waals surface area contributed by atoms with Gasteiger partial charge in [-0.2, -0.15) is 0 Å². The van der Waals surface area contributed by atoms with Crippen molar-refractivity contribution in [2.24, 2.45) is 0 Å². The van der Waals surface area contributed by atoms with E-state index in [1.807, 2.05) is 12.1 Å². The van der Waals surface area contributed by atoms with Crippen molar-refractivity contribution in [2.45, 2.75) is 44.6 Å². The minimum Gasteiger partial charge on any atom is -0.494 e. The quantitative estimate of drug-likeness (QED) is 0.887. The van der Waals surface area contributed by atoms with Crippen LogP contribution >= 0.6 is 0 Å². The number of ether oxygens (including phenoxy) is 1. The van der Waals surface area contributed by atoms with E-state index in [9.17, 15) is 4.39 Å². The first kappa shape index (κ1) is 13.3. The Balaban J connectivity index is 2.26. The molecule has 100 valence electrons. The average molecular weight is 251 g/mol. The maximum absolute atomic E-state index is 14.3. The largest absolute Gasteiger partial charge is 0.494 e. The molecule has 2 rings (SSSR count). The first-order valence-electron chi connectivity index (χ1n) is 6.67. The van der Waals surface area contributed by atoms with Gasteiger partial charge in [0.15, 0.2) is 11.6 Å². The van der Waals surface area contributed by atoms with Crippen molar-refractivity contribution < 1.29 is 9.13 Å². The summed E-state index contributed by atoms with van der Waals surface area (Å²) in [6, 6.07) is 5.96. The van der Waals surface area contributed by atoms with Gasteiger partial charge in [-0.15, -0.1) is 0 Å². The molecule has 1 fully saturated rings. The van der Waals surface area contributed by atoms with Gasteiger partial charge in [-0.1, -0.05) is 26.0 Å². The van der Waals surface area contributed by atoms with Crippen molar-refractivity contribution in [3.05, 3.63) is 29.6 Å². The Labute approximate surface area is 109 Å². The SMILES string of the molecule is CCNC1CCC(C)(c2cccc(OC)c2F)C1. The lowest BCUT2D eigenvalue weighted by Gasteiger charge is -2.26. The van der Waals surface area contributed by atoms with Gasteiger partial charge in [-0.3, -0.25) is 0 Å². The predicted molar refractivity (Wildman–Crippen MR) is 71.6 cm³/mol. The second-order valence-corrected chi connectivity index (χ2v) is 5.38. The maximum atomic E-state index is 14.3. The molecule has 0 amide bonds. The maximum Gasteiger partial charge on any atom is 0.168 e. The summed E-state index contributed by atoms with van der Waals surface area (Å²) in [4.78, 5) is 0. The van der Waals surface area contributed by atoms with Crippen LogP contribution in [0.4, 0.5) is 4.39 Å². The summed E-state index contributed by atoms with van der Waals surface area (Å²) >= 11 is 0. The summed E-state index contributed by atoms with van der Waals surface area (Å²) in [7, 11) is 1.51. The Bertz CT molecular complexity index is 421. The number of hydrogen-bond acceptors (Lipinski definition) is 2. The van der Waals surface area contributed by atoms with E-state index in [1.54, 1.807) is 6.07 Å². The lowest BCUT2D eigenvalue weighted by molar-refractivity contribution is 0.370. The van der Waals surface area contributed by atoms with Crippen molar-refractivity contribution in [1.82, 2.24) is 5.32 Å². The molecule has 1 saturated carbocycles. The molecule has 1 N–H and O–H groups in total. The molecule has 1 aromatic carbocycles. The standard InChI is InChI=1S/C15H22FNO/c1-4-17-11-8-9-15(2,10-11)12-6-5-7-13(18-3)14(12)16/h5-7,11,17H,4,8-10H2,1-3H3. The molecule has 18 heavy (non-hydrogen) atoms. The van der Waals surface area contributed by atoms with Crippen molar-refractivity contribution in [3.8, 4) is 5.75 Å². The molecular weight excluding hydrogens is 229 g/mol. The van der Waals surface area contributed by atoms with Crippen LogP contribution in [0.3, 0.4) is 0 Å². The molecule has 2 unspecified atom stereocenters. The van der Waals surface area contributed by atoms with Crippen LogP contribution in [0.15, 0.2) is 18.2 Å². The number of rotatable bonds is 4. The van der Waals surface area contributed by atoms with E-state index in [0.717, 1.165) is 31.4 Å². The highest BCUT2D eigenvalue weighted by Crippen LogP contribution is 2.43. The molecule has 1 aliphatic rings. The fourth-order valence-corrected chi connectivity index (χ4v) is 3.08. The number of nitrogens with one attached hydrogen (secondary N) is 1. The fraction of sp³-hybridized carbons (Fsp3) is 0.600. The van der Waals surface area contributed by atoms with Gasteiger partial charge in [-0.25, -0.2) is 4.39 Å². The first-order chi connectivity index (χ1) is 8.60. The molecule has 0 heterocycles. The Morgan fingerprint density at radius 3 is 2.94 bits per heavy atom. The third-order valence-electron chi connectivity index (χ3n) is 4.07. The van der Waals surface area contributed by atoms with Crippen LogP contribution in [-0.2, 0) is 5.41 Å². The van der Waals surface area contributed by atoms with Crippen molar-refractivity contribution in [2.75, 3.05) is 13.7 Å². The van der Waals surface area contributed by atoms with Gasteiger partial charge in [0.1, 0.15) is 0 Å². The lowest BCUT2D eigenvalue weighted by atomic mass is 9.80. The van der Waals surface area contributed by atoms with Gasteiger partial charge in [0.2, 0.25) is 0 Å². The molecule has 0 bridgehead atoms. The van der Waals surface area contributed by atoms with Crippen LogP contribution < -0.4 is 10.1 Å². The fourth-order valence-electron chi connectivity index (χ4n) is 3.08. The second kappa shape index (κ2) is 5.27. The summed E-state index contributed by atoms with van der Waals surface area (Å²) in [6.07, 6.45) is 3.13. The van der Waals surface area contributed by atoms with Gasteiger partial charge in [0.05, 0.1) is 7.11 Å². The number of hydrogen-bond donors (Lipinski definition) is 1. The average Bonchev–Trinajstić information content (AvgIpc) is 2.73. The Hall–Kier alpha value is -1.09. The summed E-state index contributed by atoms with van der Waals surface area (Å²) in [6.45, 7) is 5.24. The molecule has 0 aliphatic heterocycles. The van der Waals surface area contributed by atoms with E-state index in [4.69, 9.17) is 4.74 Å². The van der Waals surface area contributed by atoms with Crippen molar-refractivity contribution in [1.29, 1.82) is 0 Å². The van der Waals surface area contributed by atoms with Crippen molar-refractivity contribution >= 4 is 0 Å². The van der Waals surface area contributed by atoms with Gasteiger partial charge >= 0.3 is 0 Å². The molecule has 3 heteroatoms. The van der Waals surface area contributed by atoms with Crippen LogP contribution in [0.5, 0.6) is 5.75 Å². The van der Waals surface area contributed by atoms with Crippen molar-refractivity contribution in [3.63, 3.8) is 0 Å². The minimum atomic E-state index is -0.195. The number of halogens is 1. The van der Waals surface area contributed by atoms with Crippen LogP contribution in [0.2, 0.25) is 0 Å². The zero-order valence-corrected chi connectivity index (χ0v) is 11.4. The van der Waals surface area contributed by atoms with Gasteiger partial charge < -0.3 is 10.1 Å². The minimum absolute atomic E-state index is 0.0779. The summed E-state index contributed by atoms with van der Waals surface area (Å²) in [5.74, 6) is 0.153. The highest BCUT2D eigenvalue weighted by atomic mass is 19.1. The monoisotopic (exact) mass is 251 g/mol. The molecule has 0 spiro atoms. The van der Waals surface area contributed by atoms with Crippen LogP contribution in [0.25, 0.3) is 0 Å². The molecule has 0 saturated heterocycles. The van der Waals surface area contributed by atoms with E-state index >= 15 is 0 Å². The van der Waals surface area contributed by atoms with Crippen LogP contribution in [0, 0.1) is 5.82 Å². The van der Waals surface area contributed by atoms with E-state index in [0.29, 0.717) is 11.8 Å². The summed E-state index contributed by atoms with van der Waals surface area (Å²) in [5.41, 5.74) is 0.716. The molecule has 2 nitrogen and oxygen atoms in total. The normalized spacial score (nSPS) is 27.4. The zero-order valence-electron chi connectivity index (χ0n) is 11.4. The molecule has 1 aromatic rings. The highest BCUT2D eigenvalue weighted by Gasteiger charge is 2.38. The Morgan fingerprint density at radius 1 is 1.50 bits per heavy atom. The second-order valence-electron chi connectivity index (χ2n) is 5.38. The third kappa shape index (κ3) is 2.37. The molecule has 2 atom stereocenters. The predicted octanol–water partition coefficient (Wildman–Crippen LogP) is 3.25. The zero-order chi connectivity index (χ0) is 13.2. The topological polar surface area (TPSA) is 21.3 Å². The molecule has 0 aromatic heterocycles. The van der Waals surface area contributed by atoms with Gasteiger partial charge in [0, 0.05) is 6.04 Å². The Kier molecular flexibility index (Phi) is 3.91. The van der Waals surface area contributed by atoms with Gasteiger partial charge in [0.25, 0.3) is 0 Å². The number of benzene rings is 1. The first-order valence-corrected chi connectivity index (χ1v) is 6.67. The molecular formula is C15H22FNO. The molecule has 1 aliphatic carbocycles. The third-order valence-corrected chi connectivity index (χ3v) is 4.07. The summed E-state index contributed by atoms with van der Waals surface area (Å²) in [5, 5.41) is 3.46. The van der Waals surface area contributed by atoms with E-state index in [2.05, 4.69) is 19.2 Å². The number of methoxy groups -OCH3 is 1. The highest BCUT2D eigenvalue weighted by molar-refractivity contribution is 5.36. The summed E-state index contributed by atoms with van der Waals surface area (Å²) < 4.78 is 19.4. The van der Waals surface area contributed by atoms with E-state index in [1.165, 1.54) is 7.11 Å².